The molecule has 57 heavy (non-hydrogen) atoms. The zero-order valence-corrected chi connectivity index (χ0v) is 33.4. The molecule has 3 aromatic rings. The third kappa shape index (κ3) is 5.04. The maximum atomic E-state index is 15.2. The molecule has 0 amide bonds. The number of fused-ring (bicyclic) bond motifs is 6. The monoisotopic (exact) mass is 780 g/mol. The number of nitrogens with one attached hydrogen (secondary N) is 1. The maximum Gasteiger partial charge on any atom is 0.322 e. The molecule has 6 heterocycles. The van der Waals surface area contributed by atoms with E-state index in [1.54, 1.807) is 7.11 Å². The van der Waals surface area contributed by atoms with E-state index in [9.17, 15) is 20.9 Å². The Morgan fingerprint density at radius 1 is 1.11 bits per heavy atom. The third-order valence-electron chi connectivity index (χ3n) is 15.0. The number of nitrogens with zero attached hydrogens (tertiary/aromatic N) is 6. The second-order valence-corrected chi connectivity index (χ2v) is 17.3. The standard InChI is InChI=1S/C43H54N7O7/c1-6-39(53)21-26-22-42(38(52)56-5,34-28(13-17-49(23-26)24-39)27-11-8-9-12-31(27)46-34)30-19-29-32(20-33(30)55-4)48(3)36-41(29)15-18-50-16-10-14-40(7-2,35(41)50)37(51)43(36,54)57-25-45-47-44/h8-12,14,19-21,26,35-37,46,51,53-54H,6-7,13,15-18,22-25H2,1-5H3/t26?,35?,36?,37-,39+,40-,41?,42+,43-/m1/s1. The number of esters is 1. The van der Waals surface area contributed by atoms with E-state index in [0.717, 1.165) is 33.4 Å². The van der Waals surface area contributed by atoms with Crippen LogP contribution in [0.4, 0.5) is 5.69 Å². The van der Waals surface area contributed by atoms with E-state index in [4.69, 9.17) is 14.2 Å². The first kappa shape index (κ1) is 38.4. The van der Waals surface area contributed by atoms with Gasteiger partial charge in [0.15, 0.2) is 0 Å². The van der Waals surface area contributed by atoms with Crippen molar-refractivity contribution in [2.45, 2.75) is 86.4 Å². The Morgan fingerprint density at radius 2 is 1.91 bits per heavy atom. The van der Waals surface area contributed by atoms with Crippen molar-refractivity contribution >= 4 is 22.6 Å². The Labute approximate surface area is 333 Å². The zero-order valence-electron chi connectivity index (χ0n) is 33.4. The number of methoxy groups -OCH3 is 2. The topological polar surface area (TPSA) is 180 Å². The first-order chi connectivity index (χ1) is 27.4. The van der Waals surface area contributed by atoms with Crippen LogP contribution in [0.2, 0.25) is 0 Å². The molecule has 2 aromatic carbocycles. The van der Waals surface area contributed by atoms with Crippen molar-refractivity contribution in [2.75, 3.05) is 65.6 Å². The third-order valence-corrected chi connectivity index (χ3v) is 15.0. The summed E-state index contributed by atoms with van der Waals surface area (Å²) in [5, 5.41) is 41.9. The second kappa shape index (κ2) is 13.5. The number of carbonyl (C=O) groups excluding carboxylic acids is 1. The molecule has 5 unspecified atom stereocenters. The lowest BCUT2D eigenvalue weighted by Crippen LogP contribution is -2.79. The number of aromatic nitrogens is 1. The number of anilines is 1. The van der Waals surface area contributed by atoms with Crippen molar-refractivity contribution < 1.29 is 34.3 Å². The van der Waals surface area contributed by atoms with Crippen LogP contribution in [0.1, 0.15) is 61.9 Å². The predicted molar refractivity (Wildman–Crippen MR) is 214 cm³/mol. The van der Waals surface area contributed by atoms with E-state index in [-0.39, 0.29) is 12.0 Å². The Kier molecular flexibility index (Phi) is 9.06. The van der Waals surface area contributed by atoms with Crippen LogP contribution in [-0.4, -0.2) is 126 Å². The second-order valence-electron chi connectivity index (χ2n) is 17.3. The SMILES string of the molecule is CC[C@]1(O)[CH]C2CN(CCc3c([nH]c4ccccc34)[C@@](C(=O)OC)(c3cc4c(cc3OC)N(C)C3C45CCN4CC=C[C@](CC)(C45)[C@@H](O)[C@]3(O)OCN=[N+]=[N-])C2)C1. The molecule has 14 nitrogen and oxygen atoms in total. The predicted octanol–water partition coefficient (Wildman–Crippen LogP) is 4.30. The number of aliphatic hydroxyl groups excluding tert-OH is 1. The minimum Gasteiger partial charge on any atom is -0.496 e. The van der Waals surface area contributed by atoms with Crippen molar-refractivity contribution in [3.8, 4) is 5.75 Å². The fourth-order valence-corrected chi connectivity index (χ4v) is 12.8. The van der Waals surface area contributed by atoms with Crippen LogP contribution >= 0.6 is 0 Å². The summed E-state index contributed by atoms with van der Waals surface area (Å²) in [6, 6.07) is 11.2. The van der Waals surface area contributed by atoms with Gasteiger partial charge in [-0.2, -0.15) is 0 Å². The lowest BCUT2D eigenvalue weighted by Gasteiger charge is -2.63. The Hall–Kier alpha value is -4.14. The highest BCUT2D eigenvalue weighted by Crippen LogP contribution is 2.67. The van der Waals surface area contributed by atoms with Crippen LogP contribution in [0, 0.1) is 17.8 Å². The molecule has 5 aliphatic heterocycles. The molecule has 9 rings (SSSR count). The number of piperidine rings is 1. The van der Waals surface area contributed by atoms with Gasteiger partial charge in [-0.3, -0.25) is 14.6 Å². The Morgan fingerprint density at radius 3 is 2.65 bits per heavy atom. The van der Waals surface area contributed by atoms with Crippen LogP contribution in [0.3, 0.4) is 0 Å². The van der Waals surface area contributed by atoms with Gasteiger partial charge in [-0.25, -0.2) is 0 Å². The van der Waals surface area contributed by atoms with Gasteiger partial charge in [0.05, 0.1) is 25.9 Å². The van der Waals surface area contributed by atoms with Gasteiger partial charge in [-0.05, 0) is 79.8 Å². The summed E-state index contributed by atoms with van der Waals surface area (Å²) >= 11 is 0. The van der Waals surface area contributed by atoms with Crippen LogP contribution in [0.5, 0.6) is 5.75 Å². The normalized spacial score (nSPS) is 37.9. The van der Waals surface area contributed by atoms with Crippen molar-refractivity contribution in [1.29, 1.82) is 0 Å². The van der Waals surface area contributed by atoms with Crippen LogP contribution in [0.15, 0.2) is 53.7 Å². The first-order valence-electron chi connectivity index (χ1n) is 20.3. The molecule has 2 bridgehead atoms. The van der Waals surface area contributed by atoms with E-state index < -0.39 is 52.5 Å². The van der Waals surface area contributed by atoms with Crippen LogP contribution in [-0.2, 0) is 31.5 Å². The number of para-hydroxylation sites is 1. The average molecular weight is 781 g/mol. The van der Waals surface area contributed by atoms with Gasteiger partial charge < -0.3 is 39.4 Å². The van der Waals surface area contributed by atoms with Gasteiger partial charge in [-0.15, -0.1) is 0 Å². The van der Waals surface area contributed by atoms with Crippen molar-refractivity contribution in [3.05, 3.63) is 87.8 Å². The number of likely N-dealkylation sites (N-methyl/N-ethyl adjacent to an activating group) is 1. The van der Waals surface area contributed by atoms with E-state index in [2.05, 4.69) is 49.1 Å². The molecule has 303 valence electrons. The average Bonchev–Trinajstić information content (AvgIpc) is 3.88. The number of carbonyl (C=O) groups is 1. The van der Waals surface area contributed by atoms with Crippen molar-refractivity contribution in [2.24, 2.45) is 16.4 Å². The van der Waals surface area contributed by atoms with Gasteiger partial charge >= 0.3 is 5.97 Å². The molecule has 2 saturated heterocycles. The maximum absolute atomic E-state index is 15.2. The molecular formula is C43H54N7O7. The van der Waals surface area contributed by atoms with E-state index in [1.165, 1.54) is 7.11 Å². The summed E-state index contributed by atoms with van der Waals surface area (Å²) < 4.78 is 18.4. The highest BCUT2D eigenvalue weighted by molar-refractivity contribution is 5.94. The van der Waals surface area contributed by atoms with Crippen LogP contribution < -0.4 is 9.64 Å². The van der Waals surface area contributed by atoms with Gasteiger partial charge in [-0.1, -0.05) is 49.3 Å². The molecule has 3 fully saturated rings. The number of aliphatic hydroxyl groups is 3. The molecule has 1 radical (unpaired) electrons. The molecule has 14 heteroatoms. The number of rotatable bonds is 8. The van der Waals surface area contributed by atoms with Gasteiger partial charge in [0.1, 0.15) is 24.0 Å². The van der Waals surface area contributed by atoms with Crippen LogP contribution in [0.25, 0.3) is 21.3 Å². The fraction of sp³-hybridized carbons (Fsp3) is 0.581. The molecule has 4 N–H and O–H groups in total. The number of azide groups is 1. The summed E-state index contributed by atoms with van der Waals surface area (Å²) in [5.41, 5.74) is 10.1. The number of hydrogen-bond acceptors (Lipinski definition) is 11. The van der Waals surface area contributed by atoms with E-state index in [0.29, 0.717) is 76.1 Å². The molecule has 1 saturated carbocycles. The number of benzene rings is 2. The summed E-state index contributed by atoms with van der Waals surface area (Å²) in [4.78, 5) is 28.6. The molecular weight excluding hydrogens is 727 g/mol. The van der Waals surface area contributed by atoms with Gasteiger partial charge in [0.2, 0.25) is 5.79 Å². The Balaban J connectivity index is 1.34. The zero-order chi connectivity index (χ0) is 40.1. The fourth-order valence-electron chi connectivity index (χ4n) is 12.8. The number of H-pyrrole nitrogens is 1. The quantitative estimate of drug-likeness (QED) is 0.0643. The lowest BCUT2D eigenvalue weighted by molar-refractivity contribution is -0.319. The minimum absolute atomic E-state index is 0.200. The van der Waals surface area contributed by atoms with Crippen molar-refractivity contribution in [3.63, 3.8) is 0 Å². The summed E-state index contributed by atoms with van der Waals surface area (Å²) in [5.74, 6) is -2.32. The molecule has 6 aliphatic rings. The first-order valence-corrected chi connectivity index (χ1v) is 20.3. The Bertz CT molecular complexity index is 2190. The number of aromatic amines is 1. The molecule has 1 spiro atoms. The highest BCUT2D eigenvalue weighted by atomic mass is 16.6. The molecule has 1 aromatic heterocycles. The van der Waals surface area contributed by atoms with E-state index >= 15 is 4.79 Å². The minimum atomic E-state index is -2.16. The van der Waals surface area contributed by atoms with E-state index in [1.807, 2.05) is 56.5 Å². The summed E-state index contributed by atoms with van der Waals surface area (Å²) in [6.07, 6.45) is 7.42. The highest BCUT2D eigenvalue weighted by Gasteiger charge is 2.77. The number of ether oxygens (including phenoxy) is 3. The molecule has 1 aliphatic carbocycles. The number of hydrogen-bond donors (Lipinski definition) is 4. The smallest absolute Gasteiger partial charge is 0.322 e. The lowest BCUT2D eigenvalue weighted by atomic mass is 9.50. The molecule has 10 atom stereocenters. The summed E-state index contributed by atoms with van der Waals surface area (Å²) in [6.45, 7) is 6.83. The van der Waals surface area contributed by atoms with Gasteiger partial charge in [0, 0.05) is 88.9 Å². The van der Waals surface area contributed by atoms with Crippen molar-refractivity contribution in [1.82, 2.24) is 14.8 Å². The summed E-state index contributed by atoms with van der Waals surface area (Å²) in [7, 11) is 4.94. The largest absolute Gasteiger partial charge is 0.496 e. The van der Waals surface area contributed by atoms with Gasteiger partial charge in [0.25, 0.3) is 0 Å².